The molecule has 0 radical (unpaired) electrons. The van der Waals surface area contributed by atoms with Gasteiger partial charge in [-0.15, -0.1) is 0 Å². The smallest absolute Gasteiger partial charge is 0.314 e. The Kier molecular flexibility index (Phi) is 8.85. The van der Waals surface area contributed by atoms with Crippen LogP contribution in [0.4, 0.5) is 22.7 Å². The Morgan fingerprint density at radius 2 is 1.36 bits per heavy atom. The molecule has 0 aliphatic rings. The van der Waals surface area contributed by atoms with E-state index >= 15 is 0 Å². The molecule has 0 aromatic heterocycles. The van der Waals surface area contributed by atoms with Crippen molar-refractivity contribution in [2.45, 2.75) is 13.3 Å². The van der Waals surface area contributed by atoms with Gasteiger partial charge >= 0.3 is 5.97 Å². The van der Waals surface area contributed by atoms with E-state index in [0.29, 0.717) is 18.0 Å². The second kappa shape index (κ2) is 13.6. The summed E-state index contributed by atoms with van der Waals surface area (Å²) in [5.74, 6) is 0.851. The summed E-state index contributed by atoms with van der Waals surface area (Å²) in [5.41, 5.74) is 7.22. The number of para-hydroxylation sites is 2. The lowest BCUT2D eigenvalue weighted by Crippen LogP contribution is -2.96. The van der Waals surface area contributed by atoms with Crippen LogP contribution in [0.25, 0.3) is 21.5 Å². The Morgan fingerprint density at radius 3 is 2.05 bits per heavy atom. The van der Waals surface area contributed by atoms with Crippen LogP contribution < -0.4 is 19.8 Å². The van der Waals surface area contributed by atoms with Gasteiger partial charge in [0.25, 0.3) is 0 Å². The monoisotopic (exact) mass is 581 g/mol. The molecule has 0 amide bonds. The Morgan fingerprint density at radius 1 is 0.727 bits per heavy atom. The summed E-state index contributed by atoms with van der Waals surface area (Å²) in [4.78, 5) is 13.9. The minimum Gasteiger partial charge on any atom is -0.492 e. The topological polar surface area (TPSA) is 76.7 Å². The van der Waals surface area contributed by atoms with E-state index in [1.807, 2.05) is 110 Å². The number of hydrogen-bond donors (Lipinski definition) is 2. The Balaban J connectivity index is 1.14. The van der Waals surface area contributed by atoms with Gasteiger partial charge in [-0.25, -0.2) is 4.90 Å². The first kappa shape index (κ1) is 28.6. The molecule has 44 heavy (non-hydrogen) atoms. The number of nitrogens with zero attached hydrogens (tertiary/aromatic N) is 2. The van der Waals surface area contributed by atoms with Crippen LogP contribution in [0.1, 0.15) is 13.3 Å². The lowest BCUT2D eigenvalue weighted by Gasteiger charge is -2.18. The van der Waals surface area contributed by atoms with Gasteiger partial charge in [0.1, 0.15) is 28.6 Å². The Bertz CT molecular complexity index is 1850. The molecule has 0 aliphatic carbocycles. The average molecular weight is 582 g/mol. The van der Waals surface area contributed by atoms with E-state index in [4.69, 9.17) is 9.47 Å². The van der Waals surface area contributed by atoms with Crippen molar-refractivity contribution in [1.82, 2.24) is 0 Å². The van der Waals surface area contributed by atoms with Crippen molar-refractivity contribution >= 4 is 50.3 Å². The standard InChI is InChI=1S/C37H32N4O3/c1-2-38-40-39-34-26-27-12-11-19-35(37(27)33-18-10-9-17-32(33)34)43-25-24-36(42)44-31-22-20-30(21-23-31)41(28-13-5-3-6-14-28)29-15-7-4-8-16-29/h3-23,26H,2,24-25H2,1H3,(H,38,39)/p+1. The van der Waals surface area contributed by atoms with Crippen LogP contribution >= 0.6 is 0 Å². The first-order chi connectivity index (χ1) is 21.7. The normalized spacial score (nSPS) is 11.3. The summed E-state index contributed by atoms with van der Waals surface area (Å²) < 4.78 is 11.8. The molecule has 0 aliphatic heterocycles. The average Bonchev–Trinajstić information content (AvgIpc) is 3.07. The third-order valence-corrected chi connectivity index (χ3v) is 7.29. The van der Waals surface area contributed by atoms with E-state index < -0.39 is 0 Å². The van der Waals surface area contributed by atoms with E-state index in [1.165, 1.54) is 0 Å². The third-order valence-electron chi connectivity index (χ3n) is 7.29. The van der Waals surface area contributed by atoms with Crippen LogP contribution in [-0.2, 0) is 4.79 Å². The van der Waals surface area contributed by atoms with Crippen molar-refractivity contribution in [2.75, 3.05) is 18.6 Å². The number of benzene rings is 6. The lowest BCUT2D eigenvalue weighted by atomic mass is 9.99. The molecule has 0 unspecified atom stereocenters. The van der Waals surface area contributed by atoms with Gasteiger partial charge in [0.15, 0.2) is 0 Å². The molecule has 6 rings (SSSR count). The first-order valence-electron chi connectivity index (χ1n) is 14.7. The molecular weight excluding hydrogens is 548 g/mol. The van der Waals surface area contributed by atoms with Gasteiger partial charge in [0, 0.05) is 22.9 Å². The predicted molar refractivity (Wildman–Crippen MR) is 175 cm³/mol. The van der Waals surface area contributed by atoms with Gasteiger partial charge in [0.2, 0.25) is 0 Å². The fraction of sp³-hybridized carbons (Fsp3) is 0.108. The second-order valence-corrected chi connectivity index (χ2v) is 10.2. The highest BCUT2D eigenvalue weighted by atomic mass is 16.5. The van der Waals surface area contributed by atoms with Crippen molar-refractivity contribution in [3.05, 3.63) is 133 Å². The number of ether oxygens (including phenoxy) is 2. The largest absolute Gasteiger partial charge is 0.492 e. The number of hydrogen-bond acceptors (Lipinski definition) is 5. The van der Waals surface area contributed by atoms with E-state index in [-0.39, 0.29) is 19.0 Å². The number of carbonyl (C=O) groups excluding carboxylic acids is 1. The van der Waals surface area contributed by atoms with Crippen molar-refractivity contribution in [2.24, 2.45) is 10.3 Å². The van der Waals surface area contributed by atoms with Gasteiger partial charge in [0.05, 0.1) is 25.3 Å². The van der Waals surface area contributed by atoms with E-state index in [1.54, 1.807) is 0 Å². The molecule has 0 saturated heterocycles. The lowest BCUT2D eigenvalue weighted by molar-refractivity contribution is -0.681. The molecule has 7 heteroatoms. The van der Waals surface area contributed by atoms with Crippen molar-refractivity contribution in [3.8, 4) is 11.5 Å². The molecule has 0 heterocycles. The number of rotatable bonds is 11. The summed E-state index contributed by atoms with van der Waals surface area (Å²) in [6.07, 6.45) is 0.110. The number of quaternary nitrogens is 1. The Labute approximate surface area is 256 Å². The highest BCUT2D eigenvalue weighted by Crippen LogP contribution is 2.37. The summed E-state index contributed by atoms with van der Waals surface area (Å²) in [7, 11) is 0. The van der Waals surface area contributed by atoms with Crippen LogP contribution in [0.2, 0.25) is 0 Å². The summed E-state index contributed by atoms with van der Waals surface area (Å²) >= 11 is 0. The van der Waals surface area contributed by atoms with E-state index in [0.717, 1.165) is 49.2 Å². The molecule has 0 saturated carbocycles. The van der Waals surface area contributed by atoms with Crippen LogP contribution in [0.5, 0.6) is 11.5 Å². The summed E-state index contributed by atoms with van der Waals surface area (Å²) in [5, 5.41) is 12.1. The molecule has 0 fully saturated rings. The van der Waals surface area contributed by atoms with Gasteiger partial charge in [-0.1, -0.05) is 78.0 Å². The number of carbonyl (C=O) groups is 1. The first-order valence-corrected chi connectivity index (χ1v) is 14.7. The van der Waals surface area contributed by atoms with E-state index in [2.05, 4.69) is 46.1 Å². The van der Waals surface area contributed by atoms with Crippen LogP contribution in [0, 0.1) is 0 Å². The molecular formula is C37H33N4O3+. The summed E-state index contributed by atoms with van der Waals surface area (Å²) in [6.45, 7) is 2.73. The molecule has 7 nitrogen and oxygen atoms in total. The number of nitrogens with one attached hydrogen (secondary N) is 2. The zero-order chi connectivity index (χ0) is 30.1. The molecule has 0 bridgehead atoms. The zero-order valence-corrected chi connectivity index (χ0v) is 24.4. The predicted octanol–water partition coefficient (Wildman–Crippen LogP) is 8.35. The minimum atomic E-state index is -0.356. The summed E-state index contributed by atoms with van der Waals surface area (Å²) in [6, 6.07) is 44.2. The molecule has 6 aromatic carbocycles. The SMILES string of the molecule is CCN=NNc1cc2cccc(OCCC(=O)Oc3ccc([NH+](c4ccccc4)c4ccccc4)cc3)c2c2ccccc12. The molecule has 218 valence electrons. The number of esters is 1. The maximum atomic E-state index is 12.8. The second-order valence-electron chi connectivity index (χ2n) is 10.2. The molecule has 6 aromatic rings. The third kappa shape index (κ3) is 6.43. The zero-order valence-electron chi connectivity index (χ0n) is 24.4. The fourth-order valence-electron chi connectivity index (χ4n) is 5.32. The van der Waals surface area contributed by atoms with Gasteiger partial charge < -0.3 is 9.47 Å². The fourth-order valence-corrected chi connectivity index (χ4v) is 5.32. The van der Waals surface area contributed by atoms with Gasteiger partial charge in [-0.05, 0) is 66.2 Å². The van der Waals surface area contributed by atoms with Crippen molar-refractivity contribution in [1.29, 1.82) is 0 Å². The van der Waals surface area contributed by atoms with Gasteiger partial charge in [-0.3, -0.25) is 10.2 Å². The van der Waals surface area contributed by atoms with Crippen molar-refractivity contribution in [3.63, 3.8) is 0 Å². The maximum absolute atomic E-state index is 12.8. The van der Waals surface area contributed by atoms with Gasteiger partial charge in [-0.2, -0.15) is 5.11 Å². The maximum Gasteiger partial charge on any atom is 0.314 e. The quantitative estimate of drug-likeness (QED) is 0.0530. The molecule has 2 N–H and O–H groups in total. The molecule has 0 atom stereocenters. The molecule has 0 spiro atoms. The van der Waals surface area contributed by atoms with Crippen LogP contribution in [0.3, 0.4) is 0 Å². The minimum absolute atomic E-state index is 0.110. The van der Waals surface area contributed by atoms with Crippen LogP contribution in [0.15, 0.2) is 144 Å². The Hall–Kier alpha value is -5.53. The number of anilines is 1. The number of fused-ring (bicyclic) bond motifs is 3. The highest BCUT2D eigenvalue weighted by Gasteiger charge is 2.19. The van der Waals surface area contributed by atoms with Crippen LogP contribution in [-0.4, -0.2) is 19.1 Å². The van der Waals surface area contributed by atoms with E-state index in [9.17, 15) is 4.79 Å². The highest BCUT2D eigenvalue weighted by molar-refractivity contribution is 6.15. The van der Waals surface area contributed by atoms with Crippen molar-refractivity contribution < 1.29 is 19.2 Å².